The highest BCUT2D eigenvalue weighted by Crippen LogP contribution is 2.08. The molecular formula is C22H23FN4O. The molecule has 2 aromatic carbocycles. The fraction of sp³-hybridized carbons (Fsp3) is 0.227. The molecule has 0 atom stereocenters. The SMILES string of the molecule is O=C(NCCCc1ccccc1)c1cnc(NCCc2ccccc2F)cn1. The Labute approximate surface area is 164 Å². The molecule has 3 aromatic rings. The first kappa shape index (κ1) is 19.5. The van der Waals surface area contributed by atoms with Crippen molar-refractivity contribution in [1.29, 1.82) is 0 Å². The Morgan fingerprint density at radius 2 is 1.68 bits per heavy atom. The smallest absolute Gasteiger partial charge is 0.271 e. The van der Waals surface area contributed by atoms with Crippen LogP contribution >= 0.6 is 0 Å². The van der Waals surface area contributed by atoms with E-state index in [9.17, 15) is 9.18 Å². The summed E-state index contributed by atoms with van der Waals surface area (Å²) in [6, 6.07) is 16.8. The Morgan fingerprint density at radius 1 is 0.893 bits per heavy atom. The number of nitrogens with one attached hydrogen (secondary N) is 2. The zero-order valence-electron chi connectivity index (χ0n) is 15.6. The summed E-state index contributed by atoms with van der Waals surface area (Å²) in [6.45, 7) is 1.11. The van der Waals surface area contributed by atoms with Crippen LogP contribution in [-0.2, 0) is 12.8 Å². The maximum atomic E-state index is 13.6. The van der Waals surface area contributed by atoms with Gasteiger partial charge in [-0.2, -0.15) is 0 Å². The van der Waals surface area contributed by atoms with Gasteiger partial charge < -0.3 is 10.6 Å². The number of hydrogen-bond donors (Lipinski definition) is 2. The van der Waals surface area contributed by atoms with Crippen LogP contribution in [0.15, 0.2) is 67.0 Å². The fourth-order valence-corrected chi connectivity index (χ4v) is 2.79. The molecule has 1 aromatic heterocycles. The number of anilines is 1. The molecule has 0 saturated carbocycles. The number of aryl methyl sites for hydroxylation is 1. The molecule has 1 heterocycles. The number of nitrogens with zero attached hydrogens (tertiary/aromatic N) is 2. The molecule has 0 unspecified atom stereocenters. The lowest BCUT2D eigenvalue weighted by Gasteiger charge is -2.07. The van der Waals surface area contributed by atoms with Crippen LogP contribution in [0.3, 0.4) is 0 Å². The Morgan fingerprint density at radius 3 is 2.43 bits per heavy atom. The number of hydrogen-bond acceptors (Lipinski definition) is 4. The largest absolute Gasteiger partial charge is 0.368 e. The van der Waals surface area contributed by atoms with Crippen molar-refractivity contribution in [2.45, 2.75) is 19.3 Å². The average Bonchev–Trinajstić information content (AvgIpc) is 2.74. The molecule has 0 fully saturated rings. The number of carbonyl (C=O) groups excluding carboxylic acids is 1. The molecule has 6 heteroatoms. The van der Waals surface area contributed by atoms with E-state index in [1.165, 1.54) is 24.0 Å². The molecule has 0 radical (unpaired) electrons. The molecule has 0 aliphatic heterocycles. The fourth-order valence-electron chi connectivity index (χ4n) is 2.79. The van der Waals surface area contributed by atoms with E-state index < -0.39 is 0 Å². The highest BCUT2D eigenvalue weighted by molar-refractivity contribution is 5.91. The molecule has 1 amide bonds. The monoisotopic (exact) mass is 378 g/mol. The van der Waals surface area contributed by atoms with E-state index in [1.807, 2.05) is 24.3 Å². The van der Waals surface area contributed by atoms with E-state index in [2.05, 4.69) is 32.7 Å². The van der Waals surface area contributed by atoms with E-state index in [-0.39, 0.29) is 17.4 Å². The topological polar surface area (TPSA) is 66.9 Å². The van der Waals surface area contributed by atoms with Gasteiger partial charge in [-0.15, -0.1) is 0 Å². The van der Waals surface area contributed by atoms with E-state index >= 15 is 0 Å². The second kappa shape index (κ2) is 10.2. The van der Waals surface area contributed by atoms with Gasteiger partial charge in [0.25, 0.3) is 5.91 Å². The lowest BCUT2D eigenvalue weighted by atomic mass is 10.1. The summed E-state index contributed by atoms with van der Waals surface area (Å²) in [5.41, 5.74) is 2.18. The van der Waals surface area contributed by atoms with E-state index in [0.29, 0.717) is 30.9 Å². The van der Waals surface area contributed by atoms with Crippen molar-refractivity contribution in [3.05, 3.63) is 89.6 Å². The minimum atomic E-state index is -0.238. The van der Waals surface area contributed by atoms with Crippen molar-refractivity contribution < 1.29 is 9.18 Å². The third kappa shape index (κ3) is 5.87. The van der Waals surface area contributed by atoms with Crippen molar-refractivity contribution >= 4 is 11.7 Å². The quantitative estimate of drug-likeness (QED) is 0.558. The maximum absolute atomic E-state index is 13.6. The molecule has 0 aliphatic carbocycles. The number of rotatable bonds is 9. The van der Waals surface area contributed by atoms with Crippen molar-refractivity contribution in [3.63, 3.8) is 0 Å². The van der Waals surface area contributed by atoms with Crippen molar-refractivity contribution in [2.75, 3.05) is 18.4 Å². The van der Waals surface area contributed by atoms with Gasteiger partial charge in [0.2, 0.25) is 0 Å². The standard InChI is InChI=1S/C22H23FN4O/c23-19-11-5-4-10-18(19)12-14-24-21-16-26-20(15-27-21)22(28)25-13-6-9-17-7-2-1-3-8-17/h1-5,7-8,10-11,15-16H,6,9,12-14H2,(H,24,27)(H,25,28). The van der Waals surface area contributed by atoms with Crippen LogP contribution in [0.25, 0.3) is 0 Å². The van der Waals surface area contributed by atoms with Crippen LogP contribution < -0.4 is 10.6 Å². The molecule has 0 bridgehead atoms. The molecule has 5 nitrogen and oxygen atoms in total. The molecule has 2 N–H and O–H groups in total. The average molecular weight is 378 g/mol. The highest BCUT2D eigenvalue weighted by Gasteiger charge is 2.07. The van der Waals surface area contributed by atoms with Crippen LogP contribution in [0.1, 0.15) is 28.0 Å². The van der Waals surface area contributed by atoms with Gasteiger partial charge in [0.1, 0.15) is 17.3 Å². The van der Waals surface area contributed by atoms with Gasteiger partial charge in [0, 0.05) is 13.1 Å². The Balaban J connectivity index is 1.39. The number of halogens is 1. The summed E-state index contributed by atoms with van der Waals surface area (Å²) < 4.78 is 13.6. The third-order valence-corrected chi connectivity index (χ3v) is 4.31. The second-order valence-electron chi connectivity index (χ2n) is 6.40. The van der Waals surface area contributed by atoms with Gasteiger partial charge in [-0.1, -0.05) is 48.5 Å². The van der Waals surface area contributed by atoms with Crippen LogP contribution in [0.5, 0.6) is 0 Å². The van der Waals surface area contributed by atoms with Gasteiger partial charge in [0.15, 0.2) is 0 Å². The molecule has 0 aliphatic rings. The Kier molecular flexibility index (Phi) is 7.07. The Hall–Kier alpha value is -3.28. The van der Waals surface area contributed by atoms with Crippen LogP contribution in [0.2, 0.25) is 0 Å². The lowest BCUT2D eigenvalue weighted by Crippen LogP contribution is -2.26. The zero-order chi connectivity index (χ0) is 19.6. The van der Waals surface area contributed by atoms with Crippen molar-refractivity contribution in [3.8, 4) is 0 Å². The normalized spacial score (nSPS) is 10.5. The predicted molar refractivity (Wildman–Crippen MR) is 108 cm³/mol. The summed E-state index contributed by atoms with van der Waals surface area (Å²) in [7, 11) is 0. The number of aromatic nitrogens is 2. The molecule has 28 heavy (non-hydrogen) atoms. The van der Waals surface area contributed by atoms with Crippen LogP contribution in [-0.4, -0.2) is 29.0 Å². The molecule has 144 valence electrons. The minimum absolute atomic E-state index is 0.213. The second-order valence-corrected chi connectivity index (χ2v) is 6.40. The number of carbonyl (C=O) groups is 1. The summed E-state index contributed by atoms with van der Waals surface area (Å²) in [5.74, 6) is 0.102. The minimum Gasteiger partial charge on any atom is -0.368 e. The molecular weight excluding hydrogens is 355 g/mol. The summed E-state index contributed by atoms with van der Waals surface area (Å²) in [4.78, 5) is 20.5. The van der Waals surface area contributed by atoms with Gasteiger partial charge in [-0.25, -0.2) is 14.4 Å². The Bertz CT molecular complexity index is 885. The summed E-state index contributed by atoms with van der Waals surface area (Å²) >= 11 is 0. The van der Waals surface area contributed by atoms with Gasteiger partial charge >= 0.3 is 0 Å². The van der Waals surface area contributed by atoms with Gasteiger partial charge in [-0.05, 0) is 36.5 Å². The highest BCUT2D eigenvalue weighted by atomic mass is 19.1. The first-order valence-electron chi connectivity index (χ1n) is 9.34. The van der Waals surface area contributed by atoms with E-state index in [1.54, 1.807) is 12.1 Å². The van der Waals surface area contributed by atoms with Gasteiger partial charge in [-0.3, -0.25) is 4.79 Å². The summed E-state index contributed by atoms with van der Waals surface area (Å²) in [6.07, 6.45) is 5.27. The van der Waals surface area contributed by atoms with Crippen LogP contribution in [0.4, 0.5) is 10.2 Å². The van der Waals surface area contributed by atoms with Crippen LogP contribution in [0, 0.1) is 5.82 Å². The van der Waals surface area contributed by atoms with E-state index in [4.69, 9.17) is 0 Å². The van der Waals surface area contributed by atoms with E-state index in [0.717, 1.165) is 12.8 Å². The lowest BCUT2D eigenvalue weighted by molar-refractivity contribution is 0.0948. The number of amides is 1. The zero-order valence-corrected chi connectivity index (χ0v) is 15.6. The maximum Gasteiger partial charge on any atom is 0.271 e. The first-order chi connectivity index (χ1) is 13.7. The first-order valence-corrected chi connectivity index (χ1v) is 9.34. The van der Waals surface area contributed by atoms with Crippen molar-refractivity contribution in [1.82, 2.24) is 15.3 Å². The third-order valence-electron chi connectivity index (χ3n) is 4.31. The molecule has 0 saturated heterocycles. The van der Waals surface area contributed by atoms with Gasteiger partial charge in [0.05, 0.1) is 12.4 Å². The molecule has 0 spiro atoms. The molecule has 3 rings (SSSR count). The summed E-state index contributed by atoms with van der Waals surface area (Å²) in [5, 5.41) is 5.94. The number of benzene rings is 2. The van der Waals surface area contributed by atoms with Crippen molar-refractivity contribution in [2.24, 2.45) is 0 Å². The predicted octanol–water partition coefficient (Wildman–Crippen LogP) is 3.63.